The Morgan fingerprint density at radius 1 is 1.27 bits per heavy atom. The lowest BCUT2D eigenvalue weighted by Gasteiger charge is -2.22. The highest BCUT2D eigenvalue weighted by Crippen LogP contribution is 2.44. The van der Waals surface area contributed by atoms with Gasteiger partial charge >= 0.3 is 0 Å². The number of aryl methyl sites for hydroxylation is 1. The molecule has 5 heteroatoms. The summed E-state index contributed by atoms with van der Waals surface area (Å²) in [4.78, 5) is 26.9. The van der Waals surface area contributed by atoms with Gasteiger partial charge in [0.2, 0.25) is 0 Å². The molecule has 1 heterocycles. The molecular weight excluding hydrogens is 394 g/mol. The molecule has 1 aliphatic rings. The minimum Gasteiger partial charge on any atom is -0.375 e. The van der Waals surface area contributed by atoms with Crippen molar-refractivity contribution in [1.29, 1.82) is 0 Å². The normalized spacial score (nSPS) is 18.5. The van der Waals surface area contributed by atoms with Gasteiger partial charge in [-0.2, -0.15) is 0 Å². The quantitative estimate of drug-likeness (QED) is 0.605. The van der Waals surface area contributed by atoms with Crippen molar-refractivity contribution in [3.05, 3.63) is 63.6 Å². The first kappa shape index (κ1) is 18.4. The highest BCUT2D eigenvalue weighted by Gasteiger charge is 2.50. The van der Waals surface area contributed by atoms with Crippen LogP contribution in [0.1, 0.15) is 34.8 Å². The molecule has 132 valence electrons. The fraction of sp³-hybridized carbons (Fsp3) is 0.238. The van der Waals surface area contributed by atoms with E-state index < -0.39 is 11.5 Å². The third kappa shape index (κ3) is 3.07. The molecule has 0 fully saturated rings. The van der Waals surface area contributed by atoms with Crippen LogP contribution in [0.25, 0.3) is 0 Å². The van der Waals surface area contributed by atoms with Crippen molar-refractivity contribution in [2.45, 2.75) is 25.4 Å². The smallest absolute Gasteiger partial charge is 0.265 e. The molecular formula is C21H18BrNO3. The van der Waals surface area contributed by atoms with Crippen molar-refractivity contribution in [3.8, 4) is 12.3 Å². The zero-order chi connectivity index (χ0) is 18.9. The molecule has 2 aromatic carbocycles. The molecule has 2 aromatic rings. The van der Waals surface area contributed by atoms with Gasteiger partial charge in [0.25, 0.3) is 5.91 Å². The first-order valence-corrected chi connectivity index (χ1v) is 9.10. The van der Waals surface area contributed by atoms with Crippen LogP contribution in [0.4, 0.5) is 5.69 Å². The highest BCUT2D eigenvalue weighted by atomic mass is 79.9. The number of amides is 1. The Morgan fingerprint density at radius 2 is 1.96 bits per heavy atom. The van der Waals surface area contributed by atoms with E-state index >= 15 is 0 Å². The lowest BCUT2D eigenvalue weighted by Crippen LogP contribution is -2.42. The molecule has 0 aliphatic carbocycles. The second kappa shape index (κ2) is 7.06. The second-order valence-corrected chi connectivity index (χ2v) is 7.18. The van der Waals surface area contributed by atoms with E-state index in [1.165, 1.54) is 4.90 Å². The molecule has 1 aliphatic heterocycles. The summed E-state index contributed by atoms with van der Waals surface area (Å²) in [6.45, 7) is 2.07. The summed E-state index contributed by atoms with van der Waals surface area (Å²) in [6, 6.07) is 12.4. The zero-order valence-electron chi connectivity index (χ0n) is 14.3. The van der Waals surface area contributed by atoms with Crippen molar-refractivity contribution in [1.82, 2.24) is 0 Å². The largest absolute Gasteiger partial charge is 0.375 e. The topological polar surface area (TPSA) is 57.6 Å². The Balaban J connectivity index is 1.97. The summed E-state index contributed by atoms with van der Waals surface area (Å²) in [7, 11) is 0. The molecule has 1 N–H and O–H groups in total. The molecule has 3 rings (SSSR count). The van der Waals surface area contributed by atoms with Crippen LogP contribution in [0.2, 0.25) is 0 Å². The molecule has 0 saturated carbocycles. The Morgan fingerprint density at radius 3 is 2.58 bits per heavy atom. The summed E-state index contributed by atoms with van der Waals surface area (Å²) in [5.41, 5.74) is 0.594. The molecule has 0 aromatic heterocycles. The monoisotopic (exact) mass is 411 g/mol. The molecule has 0 radical (unpaired) electrons. The van der Waals surface area contributed by atoms with Gasteiger partial charge in [0, 0.05) is 15.6 Å². The number of halogens is 1. The van der Waals surface area contributed by atoms with Crippen molar-refractivity contribution >= 4 is 33.3 Å². The minimum absolute atomic E-state index is 0.0369. The van der Waals surface area contributed by atoms with Crippen molar-refractivity contribution in [2.24, 2.45) is 0 Å². The molecule has 0 unspecified atom stereocenters. The van der Waals surface area contributed by atoms with Crippen LogP contribution < -0.4 is 4.90 Å². The zero-order valence-corrected chi connectivity index (χ0v) is 15.9. The van der Waals surface area contributed by atoms with Gasteiger partial charge in [0.1, 0.15) is 0 Å². The lowest BCUT2D eigenvalue weighted by molar-refractivity contribution is -0.135. The number of fused-ring (bicyclic) bond motifs is 1. The summed E-state index contributed by atoms with van der Waals surface area (Å²) in [6.07, 6.45) is 5.91. The van der Waals surface area contributed by atoms with Gasteiger partial charge in [0.15, 0.2) is 11.4 Å². The average Bonchev–Trinajstić information content (AvgIpc) is 2.84. The molecule has 1 atom stereocenters. The van der Waals surface area contributed by atoms with Crippen LogP contribution in [0.5, 0.6) is 0 Å². The van der Waals surface area contributed by atoms with E-state index in [0.29, 0.717) is 21.3 Å². The van der Waals surface area contributed by atoms with E-state index in [2.05, 4.69) is 21.9 Å². The fourth-order valence-corrected chi connectivity index (χ4v) is 3.56. The van der Waals surface area contributed by atoms with Crippen molar-refractivity contribution < 1.29 is 14.7 Å². The Hall–Kier alpha value is -2.42. The Labute approximate surface area is 161 Å². The maximum absolute atomic E-state index is 12.9. The highest BCUT2D eigenvalue weighted by molar-refractivity contribution is 9.10. The summed E-state index contributed by atoms with van der Waals surface area (Å²) in [5.74, 6) is 1.57. The van der Waals surface area contributed by atoms with Gasteiger partial charge in [-0.3, -0.25) is 14.5 Å². The van der Waals surface area contributed by atoms with Gasteiger partial charge in [-0.15, -0.1) is 6.42 Å². The number of nitrogens with zero attached hydrogens (tertiary/aromatic N) is 1. The Kier molecular flexibility index (Phi) is 4.99. The van der Waals surface area contributed by atoms with Crippen LogP contribution >= 0.6 is 15.9 Å². The molecule has 0 spiro atoms. The van der Waals surface area contributed by atoms with Crippen molar-refractivity contribution in [2.75, 3.05) is 11.4 Å². The van der Waals surface area contributed by atoms with Gasteiger partial charge < -0.3 is 5.11 Å². The number of ketones is 1. The van der Waals surface area contributed by atoms with Gasteiger partial charge in [-0.25, -0.2) is 0 Å². The van der Waals surface area contributed by atoms with Gasteiger partial charge in [0.05, 0.1) is 18.7 Å². The number of hydrogen-bond donors (Lipinski definition) is 1. The van der Waals surface area contributed by atoms with Gasteiger partial charge in [-0.05, 0) is 30.2 Å². The number of carbonyl (C=O) groups excluding carboxylic acids is 2. The molecule has 1 amide bonds. The summed E-state index contributed by atoms with van der Waals surface area (Å²) < 4.78 is 0.713. The number of aliphatic hydroxyl groups is 1. The number of rotatable bonds is 5. The molecule has 26 heavy (non-hydrogen) atoms. The number of benzene rings is 2. The maximum Gasteiger partial charge on any atom is 0.265 e. The minimum atomic E-state index is -1.92. The first-order chi connectivity index (χ1) is 12.4. The number of carbonyl (C=O) groups is 2. The number of Topliss-reactive ketones (excluding diaryl/α,β-unsaturated/α-hetero) is 1. The van der Waals surface area contributed by atoms with Crippen LogP contribution in [-0.2, 0) is 16.8 Å². The molecule has 4 nitrogen and oxygen atoms in total. The standard InChI is InChI=1S/C21H18BrNO3/c1-3-11-23-18-10-9-16(22)12-17(18)21(26,20(23)25)13-19(24)15-7-5-14(4-2)6-8-15/h1,5-10,12,26H,4,11,13H2,2H3/t21-/m0/s1. The van der Waals surface area contributed by atoms with E-state index in [-0.39, 0.29) is 18.7 Å². The Bertz CT molecular complexity index is 914. The van der Waals surface area contributed by atoms with Crippen molar-refractivity contribution in [3.63, 3.8) is 0 Å². The second-order valence-electron chi connectivity index (χ2n) is 6.27. The van der Waals surface area contributed by atoms with Gasteiger partial charge in [-0.1, -0.05) is 53.0 Å². The van der Waals surface area contributed by atoms with Crippen LogP contribution in [0, 0.1) is 12.3 Å². The van der Waals surface area contributed by atoms with E-state index in [1.54, 1.807) is 30.3 Å². The van der Waals surface area contributed by atoms with Crippen LogP contribution in [0.15, 0.2) is 46.9 Å². The van der Waals surface area contributed by atoms with E-state index in [0.717, 1.165) is 12.0 Å². The third-order valence-electron chi connectivity index (χ3n) is 4.64. The summed E-state index contributed by atoms with van der Waals surface area (Å²) >= 11 is 3.36. The van der Waals surface area contributed by atoms with E-state index in [4.69, 9.17) is 6.42 Å². The van der Waals surface area contributed by atoms with Crippen LogP contribution in [-0.4, -0.2) is 23.3 Å². The third-order valence-corrected chi connectivity index (χ3v) is 5.14. The summed E-state index contributed by atoms with van der Waals surface area (Å²) in [5, 5.41) is 11.2. The number of hydrogen-bond acceptors (Lipinski definition) is 3. The maximum atomic E-state index is 12.9. The first-order valence-electron chi connectivity index (χ1n) is 8.30. The number of terminal acetylenes is 1. The van der Waals surface area contributed by atoms with Crippen LogP contribution in [0.3, 0.4) is 0 Å². The van der Waals surface area contributed by atoms with E-state index in [1.807, 2.05) is 19.1 Å². The average molecular weight is 412 g/mol. The predicted molar refractivity (Wildman–Crippen MR) is 104 cm³/mol. The van der Waals surface area contributed by atoms with E-state index in [9.17, 15) is 14.7 Å². The fourth-order valence-electron chi connectivity index (χ4n) is 3.20. The molecule has 0 saturated heterocycles. The predicted octanol–water partition coefficient (Wildman–Crippen LogP) is 3.45. The lowest BCUT2D eigenvalue weighted by atomic mass is 9.88. The molecule has 0 bridgehead atoms. The SMILES string of the molecule is C#CCN1C(=O)[C@](O)(CC(=O)c2ccc(CC)cc2)c2cc(Br)ccc21. The number of anilines is 1.